The van der Waals surface area contributed by atoms with Crippen molar-refractivity contribution in [1.29, 1.82) is 0 Å². The normalized spacial score (nSPS) is 19.2. The molecule has 152 valence electrons. The van der Waals surface area contributed by atoms with Gasteiger partial charge < -0.3 is 19.9 Å². The highest BCUT2D eigenvalue weighted by Gasteiger charge is 2.31. The highest BCUT2D eigenvalue weighted by molar-refractivity contribution is 5.90. The Morgan fingerprint density at radius 1 is 0.931 bits per heavy atom. The molecule has 29 heavy (non-hydrogen) atoms. The number of benzene rings is 2. The van der Waals surface area contributed by atoms with E-state index in [0.29, 0.717) is 32.8 Å². The molecule has 3 amide bonds. The van der Waals surface area contributed by atoms with Crippen LogP contribution in [0.25, 0.3) is 0 Å². The number of carbonyl (C=O) groups excluding carboxylic acids is 2. The maximum atomic E-state index is 12.8. The first-order valence-corrected chi connectivity index (χ1v) is 10.3. The van der Waals surface area contributed by atoms with Crippen molar-refractivity contribution in [2.45, 2.75) is 25.4 Å². The summed E-state index contributed by atoms with van der Waals surface area (Å²) < 4.78 is 5.50. The molecule has 4 rings (SSSR count). The van der Waals surface area contributed by atoms with E-state index in [0.717, 1.165) is 30.5 Å². The number of hydrogen-bond donors (Lipinski definition) is 1. The number of carbonyl (C=O) groups is 2. The zero-order valence-corrected chi connectivity index (χ0v) is 16.5. The second kappa shape index (κ2) is 9.09. The van der Waals surface area contributed by atoms with Gasteiger partial charge in [0, 0.05) is 38.5 Å². The molecule has 2 aromatic rings. The molecule has 0 aliphatic carbocycles. The van der Waals surface area contributed by atoms with Gasteiger partial charge in [-0.3, -0.25) is 4.79 Å². The van der Waals surface area contributed by atoms with E-state index in [2.05, 4.69) is 17.4 Å². The van der Waals surface area contributed by atoms with Gasteiger partial charge in [0.25, 0.3) is 5.91 Å². The summed E-state index contributed by atoms with van der Waals surface area (Å²) in [6.07, 6.45) is 2.22. The molecule has 6 heteroatoms. The minimum absolute atomic E-state index is 0.0655. The molecule has 0 spiro atoms. The Labute approximate surface area is 171 Å². The molecule has 2 heterocycles. The third-order valence-corrected chi connectivity index (χ3v) is 5.58. The van der Waals surface area contributed by atoms with Gasteiger partial charge in [0.2, 0.25) is 0 Å². The van der Waals surface area contributed by atoms with E-state index in [-0.39, 0.29) is 18.0 Å². The van der Waals surface area contributed by atoms with Crippen LogP contribution >= 0.6 is 0 Å². The first-order chi connectivity index (χ1) is 14.2. The average molecular weight is 393 g/mol. The van der Waals surface area contributed by atoms with Crippen molar-refractivity contribution in [3.05, 3.63) is 65.7 Å². The van der Waals surface area contributed by atoms with Gasteiger partial charge in [-0.1, -0.05) is 48.5 Å². The van der Waals surface area contributed by atoms with E-state index < -0.39 is 0 Å². The Bertz CT molecular complexity index is 841. The van der Waals surface area contributed by atoms with E-state index >= 15 is 0 Å². The zero-order chi connectivity index (χ0) is 20.1. The number of nitrogens with one attached hydrogen (secondary N) is 1. The van der Waals surface area contributed by atoms with Crippen molar-refractivity contribution in [2.24, 2.45) is 0 Å². The molecule has 1 N–H and O–H groups in total. The molecule has 2 fully saturated rings. The Hall–Kier alpha value is -2.86. The summed E-state index contributed by atoms with van der Waals surface area (Å²) in [5, 5.41) is 3.06. The van der Waals surface area contributed by atoms with Crippen LogP contribution in [-0.4, -0.2) is 60.6 Å². The summed E-state index contributed by atoms with van der Waals surface area (Å²) in [6, 6.07) is 18.0. The predicted octanol–water partition coefficient (Wildman–Crippen LogP) is 3.13. The smallest absolute Gasteiger partial charge is 0.321 e. The number of urea groups is 1. The van der Waals surface area contributed by atoms with E-state index in [1.54, 1.807) is 4.90 Å². The number of piperazine rings is 1. The Balaban J connectivity index is 1.34. The van der Waals surface area contributed by atoms with Crippen molar-refractivity contribution < 1.29 is 14.3 Å². The van der Waals surface area contributed by atoms with Gasteiger partial charge in [0.15, 0.2) is 0 Å². The molecule has 0 aromatic heterocycles. The number of para-hydroxylation sites is 1. The summed E-state index contributed by atoms with van der Waals surface area (Å²) >= 11 is 0. The second-order valence-electron chi connectivity index (χ2n) is 7.56. The molecule has 0 bridgehead atoms. The molecule has 2 aromatic carbocycles. The van der Waals surface area contributed by atoms with Crippen molar-refractivity contribution in [3.8, 4) is 0 Å². The first kappa shape index (κ1) is 19.5. The fourth-order valence-electron chi connectivity index (χ4n) is 3.91. The minimum Gasteiger partial charge on any atom is -0.368 e. The lowest BCUT2D eigenvalue weighted by Crippen LogP contribution is -2.53. The maximum Gasteiger partial charge on any atom is 0.321 e. The lowest BCUT2D eigenvalue weighted by atomic mass is 10.0. The summed E-state index contributed by atoms with van der Waals surface area (Å²) in [5.74, 6) is 0.0655. The molecule has 2 aliphatic heterocycles. The topological polar surface area (TPSA) is 61.9 Å². The second-order valence-corrected chi connectivity index (χ2v) is 7.56. The molecule has 0 unspecified atom stereocenters. The minimum atomic E-state index is -0.291. The van der Waals surface area contributed by atoms with Crippen molar-refractivity contribution in [2.75, 3.05) is 38.1 Å². The lowest BCUT2D eigenvalue weighted by Gasteiger charge is -2.35. The van der Waals surface area contributed by atoms with Crippen LogP contribution in [-0.2, 0) is 16.0 Å². The number of anilines is 1. The molecule has 0 saturated carbocycles. The van der Waals surface area contributed by atoms with Gasteiger partial charge in [-0.2, -0.15) is 0 Å². The van der Waals surface area contributed by atoms with Gasteiger partial charge in [0.1, 0.15) is 6.10 Å². The predicted molar refractivity (Wildman–Crippen MR) is 112 cm³/mol. The fourth-order valence-corrected chi connectivity index (χ4v) is 3.91. The SMILES string of the molecule is O=C(Nc1ccccc1Cc1ccccc1)N1CCN(C(=O)[C@@H]2CCCO2)CC1. The van der Waals surface area contributed by atoms with Crippen LogP contribution in [0.4, 0.5) is 10.5 Å². The Morgan fingerprint density at radius 3 is 2.34 bits per heavy atom. The summed E-state index contributed by atoms with van der Waals surface area (Å²) in [4.78, 5) is 28.9. The molecule has 1 atom stereocenters. The van der Waals surface area contributed by atoms with Crippen LogP contribution < -0.4 is 5.32 Å². The highest BCUT2D eigenvalue weighted by atomic mass is 16.5. The Morgan fingerprint density at radius 2 is 1.62 bits per heavy atom. The number of amides is 3. The first-order valence-electron chi connectivity index (χ1n) is 10.3. The third-order valence-electron chi connectivity index (χ3n) is 5.58. The quantitative estimate of drug-likeness (QED) is 0.868. The molecular weight excluding hydrogens is 366 g/mol. The molecule has 0 radical (unpaired) electrons. The molecule has 2 aliphatic rings. The summed E-state index contributed by atoms with van der Waals surface area (Å²) in [7, 11) is 0. The van der Waals surface area contributed by atoms with Crippen molar-refractivity contribution in [1.82, 2.24) is 9.80 Å². The highest BCUT2D eigenvalue weighted by Crippen LogP contribution is 2.20. The number of rotatable bonds is 4. The standard InChI is InChI=1S/C23H27N3O3/c27-22(21-11-6-16-29-21)25-12-14-26(15-13-25)23(28)24-20-10-5-4-9-19(20)17-18-7-2-1-3-8-18/h1-5,7-10,21H,6,11-17H2,(H,24,28)/t21-/m0/s1. The number of nitrogens with zero attached hydrogens (tertiary/aromatic N) is 2. The monoisotopic (exact) mass is 393 g/mol. The largest absolute Gasteiger partial charge is 0.368 e. The summed E-state index contributed by atoms with van der Waals surface area (Å²) in [5.41, 5.74) is 3.12. The molecular formula is C23H27N3O3. The van der Waals surface area contributed by atoms with Gasteiger partial charge in [-0.25, -0.2) is 4.79 Å². The summed E-state index contributed by atoms with van der Waals surface area (Å²) in [6.45, 7) is 2.84. The van der Waals surface area contributed by atoms with E-state index in [1.165, 1.54) is 5.56 Å². The van der Waals surface area contributed by atoms with Crippen LogP contribution in [0, 0.1) is 0 Å². The third kappa shape index (κ3) is 4.77. The van der Waals surface area contributed by atoms with E-state index in [9.17, 15) is 9.59 Å². The number of hydrogen-bond acceptors (Lipinski definition) is 3. The zero-order valence-electron chi connectivity index (χ0n) is 16.5. The van der Waals surface area contributed by atoms with Gasteiger partial charge in [-0.15, -0.1) is 0 Å². The molecule has 6 nitrogen and oxygen atoms in total. The van der Waals surface area contributed by atoms with Crippen LogP contribution in [0.5, 0.6) is 0 Å². The van der Waals surface area contributed by atoms with E-state index in [4.69, 9.17) is 4.74 Å². The average Bonchev–Trinajstić information content (AvgIpc) is 3.30. The van der Waals surface area contributed by atoms with Gasteiger partial charge in [-0.05, 0) is 36.5 Å². The van der Waals surface area contributed by atoms with Crippen molar-refractivity contribution >= 4 is 17.6 Å². The van der Waals surface area contributed by atoms with Crippen LogP contribution in [0.2, 0.25) is 0 Å². The van der Waals surface area contributed by atoms with Gasteiger partial charge >= 0.3 is 6.03 Å². The Kier molecular flexibility index (Phi) is 6.10. The maximum absolute atomic E-state index is 12.8. The molecule has 2 saturated heterocycles. The van der Waals surface area contributed by atoms with Gasteiger partial charge in [0.05, 0.1) is 0 Å². The van der Waals surface area contributed by atoms with Crippen molar-refractivity contribution in [3.63, 3.8) is 0 Å². The fraction of sp³-hybridized carbons (Fsp3) is 0.391. The number of ether oxygens (including phenoxy) is 1. The van der Waals surface area contributed by atoms with E-state index in [1.807, 2.05) is 47.4 Å². The van der Waals surface area contributed by atoms with Crippen LogP contribution in [0.15, 0.2) is 54.6 Å². The van der Waals surface area contributed by atoms with Crippen LogP contribution in [0.1, 0.15) is 24.0 Å². The lowest BCUT2D eigenvalue weighted by molar-refractivity contribution is -0.142. The van der Waals surface area contributed by atoms with Crippen LogP contribution in [0.3, 0.4) is 0 Å².